The highest BCUT2D eigenvalue weighted by Gasteiger charge is 2.48. The van der Waals surface area contributed by atoms with Crippen LogP contribution in [0.2, 0.25) is 0 Å². The maximum atomic E-state index is 12.6. The van der Waals surface area contributed by atoms with Gasteiger partial charge in [-0.15, -0.1) is 0 Å². The quantitative estimate of drug-likeness (QED) is 0.150. The Morgan fingerprint density at radius 2 is 1.21 bits per heavy atom. The second-order valence-corrected chi connectivity index (χ2v) is 9.71. The van der Waals surface area contributed by atoms with Crippen LogP contribution in [0.15, 0.2) is 91.0 Å². The van der Waals surface area contributed by atoms with E-state index in [1.165, 1.54) is 33.7 Å². The third kappa shape index (κ3) is 3.15. The number of hydrogen-bond donors (Lipinski definition) is 0. The van der Waals surface area contributed by atoms with Crippen molar-refractivity contribution in [3.05, 3.63) is 91.0 Å². The third-order valence-electron chi connectivity index (χ3n) is 6.14. The van der Waals surface area contributed by atoms with Crippen molar-refractivity contribution in [3.63, 3.8) is 0 Å². The SMILES string of the molecule is O=S(=O)(Oc1ccc2cc(-c3ccc4ccc5cccc6ccc3c4c56)ccc2c1)C(F)(F)F. The van der Waals surface area contributed by atoms with Crippen LogP contribution in [0.5, 0.6) is 5.75 Å². The van der Waals surface area contributed by atoms with Crippen LogP contribution in [-0.4, -0.2) is 13.9 Å². The molecule has 0 aliphatic heterocycles. The van der Waals surface area contributed by atoms with E-state index in [-0.39, 0.29) is 5.75 Å². The molecule has 0 unspecified atom stereocenters. The van der Waals surface area contributed by atoms with Crippen molar-refractivity contribution >= 4 is 53.2 Å². The molecule has 0 radical (unpaired) electrons. The minimum Gasteiger partial charge on any atom is -0.376 e. The van der Waals surface area contributed by atoms with Gasteiger partial charge in [0.1, 0.15) is 5.75 Å². The molecule has 0 aromatic heterocycles. The van der Waals surface area contributed by atoms with Crippen molar-refractivity contribution in [2.75, 3.05) is 0 Å². The van der Waals surface area contributed by atoms with Crippen LogP contribution in [0.1, 0.15) is 0 Å². The molecule has 6 aromatic rings. The number of halogens is 3. The fourth-order valence-electron chi connectivity index (χ4n) is 4.60. The molecule has 0 heterocycles. The zero-order chi connectivity index (χ0) is 23.7. The van der Waals surface area contributed by atoms with Gasteiger partial charge in [0, 0.05) is 0 Å². The summed E-state index contributed by atoms with van der Waals surface area (Å²) in [6.45, 7) is 0. The summed E-state index contributed by atoms with van der Waals surface area (Å²) in [5, 5.41) is 8.33. The van der Waals surface area contributed by atoms with Crippen LogP contribution >= 0.6 is 0 Å². The molecule has 0 bridgehead atoms. The van der Waals surface area contributed by atoms with Gasteiger partial charge in [0.15, 0.2) is 0 Å². The molecule has 0 saturated carbocycles. The van der Waals surface area contributed by atoms with Crippen LogP contribution in [-0.2, 0) is 10.1 Å². The summed E-state index contributed by atoms with van der Waals surface area (Å²) in [4.78, 5) is 0. The molecule has 34 heavy (non-hydrogen) atoms. The Bertz CT molecular complexity index is 1820. The van der Waals surface area contributed by atoms with E-state index in [9.17, 15) is 21.6 Å². The minimum atomic E-state index is -5.72. The standard InChI is InChI=1S/C27H15F3O3S/c28-27(29,30)34(31,32)33-22-11-8-19-14-21(7-6-20(19)15-22)23-12-9-18-5-4-16-2-1-3-17-10-13-24(23)26(18)25(16)17/h1-15H. The fourth-order valence-corrected chi connectivity index (χ4v) is 5.06. The van der Waals surface area contributed by atoms with Crippen LogP contribution in [0.3, 0.4) is 0 Å². The average Bonchev–Trinajstić information content (AvgIpc) is 2.81. The molecule has 6 rings (SSSR count). The summed E-state index contributed by atoms with van der Waals surface area (Å²) in [5.74, 6) is -0.389. The molecule has 0 spiro atoms. The molecule has 7 heteroatoms. The summed E-state index contributed by atoms with van der Waals surface area (Å²) < 4.78 is 64.8. The summed E-state index contributed by atoms with van der Waals surface area (Å²) in [6, 6.07) is 28.5. The predicted octanol–water partition coefficient (Wildman–Crippen LogP) is 7.63. The Morgan fingerprint density at radius 1 is 0.618 bits per heavy atom. The largest absolute Gasteiger partial charge is 0.534 e. The second-order valence-electron chi connectivity index (χ2n) is 8.18. The van der Waals surface area contributed by atoms with E-state index in [1.807, 2.05) is 18.2 Å². The van der Waals surface area contributed by atoms with E-state index < -0.39 is 15.6 Å². The first-order valence-corrected chi connectivity index (χ1v) is 11.8. The average molecular weight is 476 g/mol. The third-order valence-corrected chi connectivity index (χ3v) is 7.12. The monoisotopic (exact) mass is 476 g/mol. The molecular weight excluding hydrogens is 461 g/mol. The van der Waals surface area contributed by atoms with Gasteiger partial charge in [-0.1, -0.05) is 72.8 Å². The highest BCUT2D eigenvalue weighted by atomic mass is 32.2. The van der Waals surface area contributed by atoms with Crippen molar-refractivity contribution in [2.45, 2.75) is 5.51 Å². The first-order chi connectivity index (χ1) is 16.2. The molecule has 0 aliphatic carbocycles. The predicted molar refractivity (Wildman–Crippen MR) is 129 cm³/mol. The van der Waals surface area contributed by atoms with E-state index in [4.69, 9.17) is 0 Å². The number of rotatable bonds is 3. The lowest BCUT2D eigenvalue weighted by atomic mass is 9.89. The van der Waals surface area contributed by atoms with E-state index in [1.54, 1.807) is 12.1 Å². The van der Waals surface area contributed by atoms with Crippen LogP contribution in [0, 0.1) is 0 Å². The second kappa shape index (κ2) is 7.08. The van der Waals surface area contributed by atoms with Gasteiger partial charge in [0.05, 0.1) is 0 Å². The van der Waals surface area contributed by atoms with Crippen LogP contribution in [0.25, 0.3) is 54.2 Å². The van der Waals surface area contributed by atoms with Gasteiger partial charge in [-0.2, -0.15) is 21.6 Å². The zero-order valence-electron chi connectivity index (χ0n) is 17.4. The molecule has 0 N–H and O–H groups in total. The molecule has 168 valence electrons. The smallest absolute Gasteiger partial charge is 0.376 e. The molecule has 0 saturated heterocycles. The summed E-state index contributed by atoms with van der Waals surface area (Å²) in [5.41, 5.74) is -3.50. The summed E-state index contributed by atoms with van der Waals surface area (Å²) in [7, 11) is -5.72. The molecule has 0 aliphatic rings. The Morgan fingerprint density at radius 3 is 1.94 bits per heavy atom. The summed E-state index contributed by atoms with van der Waals surface area (Å²) >= 11 is 0. The van der Waals surface area contributed by atoms with Gasteiger partial charge in [-0.3, -0.25) is 0 Å². The lowest BCUT2D eigenvalue weighted by Gasteiger charge is -2.14. The molecular formula is C27H15F3O3S. The first-order valence-electron chi connectivity index (χ1n) is 10.4. The first kappa shape index (κ1) is 20.7. The lowest BCUT2D eigenvalue weighted by Crippen LogP contribution is -2.28. The maximum absolute atomic E-state index is 12.6. The van der Waals surface area contributed by atoms with Crippen LogP contribution in [0.4, 0.5) is 13.2 Å². The number of fused-ring (bicyclic) bond motifs is 1. The topological polar surface area (TPSA) is 43.4 Å². The van der Waals surface area contributed by atoms with Gasteiger partial charge < -0.3 is 4.18 Å². The summed E-state index contributed by atoms with van der Waals surface area (Å²) in [6.07, 6.45) is 0. The minimum absolute atomic E-state index is 0.389. The van der Waals surface area contributed by atoms with Gasteiger partial charge in [0.25, 0.3) is 0 Å². The van der Waals surface area contributed by atoms with Crippen molar-refractivity contribution in [3.8, 4) is 16.9 Å². The highest BCUT2D eigenvalue weighted by Crippen LogP contribution is 2.40. The Hall–Kier alpha value is -3.84. The van der Waals surface area contributed by atoms with Crippen molar-refractivity contribution < 1.29 is 25.8 Å². The Labute approximate surface area is 192 Å². The van der Waals surface area contributed by atoms with Gasteiger partial charge in [-0.05, 0) is 72.4 Å². The zero-order valence-corrected chi connectivity index (χ0v) is 18.2. The van der Waals surface area contributed by atoms with E-state index in [0.29, 0.717) is 5.39 Å². The maximum Gasteiger partial charge on any atom is 0.534 e. The highest BCUT2D eigenvalue weighted by molar-refractivity contribution is 7.88. The lowest BCUT2D eigenvalue weighted by molar-refractivity contribution is -0.0500. The van der Waals surface area contributed by atoms with Crippen molar-refractivity contribution in [1.82, 2.24) is 0 Å². The number of benzene rings is 6. The van der Waals surface area contributed by atoms with E-state index in [0.717, 1.165) is 27.3 Å². The molecule has 3 nitrogen and oxygen atoms in total. The van der Waals surface area contributed by atoms with Crippen molar-refractivity contribution in [1.29, 1.82) is 0 Å². The molecule has 0 fully saturated rings. The number of alkyl halides is 3. The van der Waals surface area contributed by atoms with Crippen molar-refractivity contribution in [2.24, 2.45) is 0 Å². The van der Waals surface area contributed by atoms with E-state index in [2.05, 4.69) is 52.7 Å². The Kier molecular flexibility index (Phi) is 4.32. The van der Waals surface area contributed by atoms with Gasteiger partial charge in [-0.25, -0.2) is 0 Å². The van der Waals surface area contributed by atoms with Crippen LogP contribution < -0.4 is 4.18 Å². The van der Waals surface area contributed by atoms with Gasteiger partial charge >= 0.3 is 15.6 Å². The Balaban J connectivity index is 1.48. The molecule has 0 amide bonds. The number of hydrogen-bond acceptors (Lipinski definition) is 3. The molecule has 0 atom stereocenters. The normalized spacial score (nSPS) is 12.8. The van der Waals surface area contributed by atoms with Gasteiger partial charge in [0.2, 0.25) is 0 Å². The fraction of sp³-hybridized carbons (Fsp3) is 0.0370. The molecule has 6 aromatic carbocycles. The van der Waals surface area contributed by atoms with E-state index >= 15 is 0 Å².